The van der Waals surface area contributed by atoms with E-state index in [0.717, 1.165) is 16.4 Å². The summed E-state index contributed by atoms with van der Waals surface area (Å²) >= 11 is 3.56. The number of hydrogen-bond donors (Lipinski definition) is 1. The number of halogens is 1. The third-order valence-corrected chi connectivity index (χ3v) is 3.22. The lowest BCUT2D eigenvalue weighted by Crippen LogP contribution is -1.89. The van der Waals surface area contributed by atoms with Gasteiger partial charge in [0, 0.05) is 27.5 Å². The molecule has 1 N–H and O–H groups in total. The molecular formula is C12H11BrN2. The van der Waals surface area contributed by atoms with E-state index in [0.29, 0.717) is 6.54 Å². The second kappa shape index (κ2) is 4.08. The molecule has 0 spiro atoms. The van der Waals surface area contributed by atoms with Crippen molar-refractivity contribution in [3.63, 3.8) is 0 Å². The van der Waals surface area contributed by atoms with Gasteiger partial charge in [0.1, 0.15) is 0 Å². The van der Waals surface area contributed by atoms with Crippen molar-refractivity contribution < 1.29 is 0 Å². The molecule has 0 saturated carbocycles. The van der Waals surface area contributed by atoms with Crippen LogP contribution in [0.15, 0.2) is 22.7 Å². The van der Waals surface area contributed by atoms with Crippen LogP contribution in [0.1, 0.15) is 11.3 Å². The molecule has 1 heterocycles. The summed E-state index contributed by atoms with van der Waals surface area (Å²) in [7, 11) is 0. The summed E-state index contributed by atoms with van der Waals surface area (Å²) < 4.78 is 1.10. The summed E-state index contributed by atoms with van der Waals surface area (Å²) in [5.41, 5.74) is 3.57. The van der Waals surface area contributed by atoms with E-state index in [1.807, 2.05) is 12.1 Å². The Hall–Kier alpha value is -1.27. The van der Waals surface area contributed by atoms with Crippen LogP contribution in [0.3, 0.4) is 0 Å². The zero-order chi connectivity index (χ0) is 10.8. The van der Waals surface area contributed by atoms with Crippen molar-refractivity contribution in [2.75, 3.05) is 6.54 Å². The topological polar surface area (TPSA) is 20.1 Å². The van der Waals surface area contributed by atoms with Crippen LogP contribution in [0.25, 0.3) is 15.7 Å². The van der Waals surface area contributed by atoms with Crippen LogP contribution in [0.2, 0.25) is 0 Å². The first-order chi connectivity index (χ1) is 7.24. The Morgan fingerprint density at radius 2 is 2.27 bits per heavy atom. The van der Waals surface area contributed by atoms with Gasteiger partial charge in [-0.1, -0.05) is 22.0 Å². The molecule has 2 rings (SSSR count). The molecule has 2 aromatic rings. The fraction of sp³-hybridized carbons (Fsp3) is 0.250. The maximum absolute atomic E-state index is 6.84. The Balaban J connectivity index is 2.61. The monoisotopic (exact) mass is 262 g/mol. The number of hydrogen-bond acceptors (Lipinski definition) is 0. The van der Waals surface area contributed by atoms with E-state index in [9.17, 15) is 0 Å². The molecule has 0 aliphatic rings. The van der Waals surface area contributed by atoms with Crippen LogP contribution < -0.4 is 0 Å². The van der Waals surface area contributed by atoms with Gasteiger partial charge < -0.3 is 9.83 Å². The minimum Gasteiger partial charge on any atom is -0.358 e. The summed E-state index contributed by atoms with van der Waals surface area (Å²) in [6.45, 7) is 9.45. The molecule has 0 fully saturated rings. The summed E-state index contributed by atoms with van der Waals surface area (Å²) in [6.07, 6.45) is 0.817. The van der Waals surface area contributed by atoms with E-state index in [-0.39, 0.29) is 0 Å². The first-order valence-corrected chi connectivity index (χ1v) is 5.62. The number of nitrogens with one attached hydrogen (secondary N) is 1. The van der Waals surface area contributed by atoms with Gasteiger partial charge in [-0.15, -0.1) is 0 Å². The standard InChI is InChI=1S/C12H11BrN2/c1-8-9(6-7-14-2)12-10(13)4-3-5-11(12)15-8/h3-5,15H,6-7H2,1H3. The molecule has 0 radical (unpaired) electrons. The Morgan fingerprint density at radius 3 is 3.00 bits per heavy atom. The normalized spacial score (nSPS) is 10.5. The van der Waals surface area contributed by atoms with Crippen molar-refractivity contribution in [3.05, 3.63) is 45.3 Å². The van der Waals surface area contributed by atoms with Crippen molar-refractivity contribution in [1.82, 2.24) is 4.98 Å². The molecular weight excluding hydrogens is 252 g/mol. The van der Waals surface area contributed by atoms with Gasteiger partial charge >= 0.3 is 0 Å². The van der Waals surface area contributed by atoms with Crippen LogP contribution in [0, 0.1) is 13.5 Å². The SMILES string of the molecule is [C-]#[N+]CCc1c(C)[nH]c2cccc(Br)c12. The first kappa shape index (κ1) is 10.3. The van der Waals surface area contributed by atoms with Gasteiger partial charge in [-0.3, -0.25) is 0 Å². The van der Waals surface area contributed by atoms with E-state index < -0.39 is 0 Å². The maximum atomic E-state index is 6.84. The quantitative estimate of drug-likeness (QED) is 0.797. The van der Waals surface area contributed by atoms with Crippen LogP contribution in [-0.4, -0.2) is 11.5 Å². The Kier molecular flexibility index (Phi) is 2.79. The number of aryl methyl sites for hydroxylation is 1. The van der Waals surface area contributed by atoms with Crippen molar-refractivity contribution in [3.8, 4) is 0 Å². The fourth-order valence-corrected chi connectivity index (χ4v) is 2.49. The Labute approximate surface area is 97.3 Å². The van der Waals surface area contributed by atoms with Crippen molar-refractivity contribution >= 4 is 26.8 Å². The summed E-state index contributed by atoms with van der Waals surface area (Å²) in [5.74, 6) is 0. The molecule has 0 amide bonds. The Morgan fingerprint density at radius 1 is 1.47 bits per heavy atom. The molecule has 15 heavy (non-hydrogen) atoms. The number of H-pyrrole nitrogens is 1. The van der Waals surface area contributed by atoms with Crippen LogP contribution >= 0.6 is 15.9 Å². The molecule has 0 bridgehead atoms. The van der Waals surface area contributed by atoms with Crippen LogP contribution in [-0.2, 0) is 6.42 Å². The fourth-order valence-electron chi connectivity index (χ4n) is 1.88. The molecule has 2 nitrogen and oxygen atoms in total. The molecule has 1 aromatic carbocycles. The van der Waals surface area contributed by atoms with Gasteiger partial charge in [-0.05, 0) is 24.6 Å². The number of rotatable bonds is 2. The molecule has 3 heteroatoms. The Bertz CT molecular complexity index is 534. The lowest BCUT2D eigenvalue weighted by Gasteiger charge is -1.98. The summed E-state index contributed by atoms with van der Waals surface area (Å²) in [6, 6.07) is 6.12. The van der Waals surface area contributed by atoms with Crippen molar-refractivity contribution in [1.29, 1.82) is 0 Å². The highest BCUT2D eigenvalue weighted by molar-refractivity contribution is 9.10. The van der Waals surface area contributed by atoms with Gasteiger partial charge in [0.25, 0.3) is 0 Å². The van der Waals surface area contributed by atoms with E-state index in [2.05, 4.69) is 38.7 Å². The molecule has 0 atom stereocenters. The average Bonchev–Trinajstić information content (AvgIpc) is 2.53. The van der Waals surface area contributed by atoms with Crippen LogP contribution in [0.4, 0.5) is 0 Å². The highest BCUT2D eigenvalue weighted by Gasteiger charge is 2.11. The first-order valence-electron chi connectivity index (χ1n) is 4.83. The van der Waals surface area contributed by atoms with Gasteiger partial charge in [-0.25, -0.2) is 6.57 Å². The molecule has 1 aromatic heterocycles. The maximum Gasteiger partial charge on any atom is 0.218 e. The van der Waals surface area contributed by atoms with E-state index in [4.69, 9.17) is 6.57 Å². The largest absolute Gasteiger partial charge is 0.358 e. The molecule has 0 unspecified atom stereocenters. The van der Waals surface area contributed by atoms with Crippen LogP contribution in [0.5, 0.6) is 0 Å². The minimum absolute atomic E-state index is 0.551. The third kappa shape index (κ3) is 1.78. The predicted molar refractivity (Wildman–Crippen MR) is 65.9 cm³/mol. The zero-order valence-corrected chi connectivity index (χ0v) is 10.1. The number of benzene rings is 1. The average molecular weight is 263 g/mol. The van der Waals surface area contributed by atoms with E-state index in [1.54, 1.807) is 0 Å². The molecule has 0 aliphatic carbocycles. The molecule has 0 aliphatic heterocycles. The zero-order valence-electron chi connectivity index (χ0n) is 8.47. The molecule has 0 saturated heterocycles. The lowest BCUT2D eigenvalue weighted by atomic mass is 10.1. The summed E-state index contributed by atoms with van der Waals surface area (Å²) in [5, 5.41) is 1.22. The smallest absolute Gasteiger partial charge is 0.218 e. The predicted octanol–water partition coefficient (Wildman–Crippen LogP) is 3.70. The number of fused-ring (bicyclic) bond motifs is 1. The van der Waals surface area contributed by atoms with Gasteiger partial charge in [0.2, 0.25) is 6.54 Å². The third-order valence-electron chi connectivity index (χ3n) is 2.56. The number of aromatic amines is 1. The summed E-state index contributed by atoms with van der Waals surface area (Å²) in [4.78, 5) is 6.75. The number of aromatic nitrogens is 1. The van der Waals surface area contributed by atoms with Gasteiger partial charge in [0.05, 0.1) is 0 Å². The van der Waals surface area contributed by atoms with Crippen molar-refractivity contribution in [2.24, 2.45) is 0 Å². The highest BCUT2D eigenvalue weighted by Crippen LogP contribution is 2.29. The minimum atomic E-state index is 0.551. The van der Waals surface area contributed by atoms with E-state index >= 15 is 0 Å². The highest BCUT2D eigenvalue weighted by atomic mass is 79.9. The van der Waals surface area contributed by atoms with Gasteiger partial charge in [0.15, 0.2) is 0 Å². The number of nitrogens with zero attached hydrogens (tertiary/aromatic N) is 1. The van der Waals surface area contributed by atoms with Crippen molar-refractivity contribution in [2.45, 2.75) is 13.3 Å². The second-order valence-corrected chi connectivity index (χ2v) is 4.38. The lowest BCUT2D eigenvalue weighted by molar-refractivity contribution is 1.06. The molecule has 76 valence electrons. The van der Waals surface area contributed by atoms with Gasteiger partial charge in [-0.2, -0.15) is 0 Å². The second-order valence-electron chi connectivity index (χ2n) is 3.52. The van der Waals surface area contributed by atoms with E-state index in [1.165, 1.54) is 16.6 Å².